The van der Waals surface area contributed by atoms with Gasteiger partial charge in [-0.25, -0.2) is 4.79 Å². The smallest absolute Gasteiger partial charge is 0.417 e. The molecule has 0 amide bonds. The molecule has 1 aromatic rings. The van der Waals surface area contributed by atoms with Crippen LogP contribution in [0.5, 0.6) is 0 Å². The second-order valence-corrected chi connectivity index (χ2v) is 1.13. The second kappa shape index (κ2) is 1.65. The molecule has 0 spiro atoms. The van der Waals surface area contributed by atoms with Gasteiger partial charge in [-0.15, -0.1) is 0 Å². The maximum atomic E-state index is 10.1. The van der Waals surface area contributed by atoms with Gasteiger partial charge >= 0.3 is 11.8 Å². The highest BCUT2D eigenvalue weighted by Gasteiger charge is 1.90. The first kappa shape index (κ1) is 4.83. The third kappa shape index (κ3) is 0.841. The minimum atomic E-state index is -0.762. The van der Waals surface area contributed by atoms with E-state index in [9.17, 15) is 10.0 Å². The van der Waals surface area contributed by atoms with Crippen LogP contribution in [0.15, 0.2) is 21.7 Å². The Balaban J connectivity index is 3.28. The van der Waals surface area contributed by atoms with Crippen molar-refractivity contribution in [2.75, 3.05) is 0 Å². The van der Waals surface area contributed by atoms with Crippen LogP contribution in [0.25, 0.3) is 0 Å². The molecule has 4 heteroatoms. The number of hydrogen-bond donors (Lipinski definition) is 0. The molecule has 0 saturated carbocycles. The summed E-state index contributed by atoms with van der Waals surface area (Å²) < 4.78 is 4.43. The van der Waals surface area contributed by atoms with Gasteiger partial charge in [0.2, 0.25) is 6.20 Å². The SMILES string of the molecule is O=c1[c][n+]([O-])cco1. The van der Waals surface area contributed by atoms with Crippen molar-refractivity contribution < 1.29 is 9.15 Å². The van der Waals surface area contributed by atoms with Crippen LogP contribution < -0.4 is 10.4 Å². The Morgan fingerprint density at radius 2 is 2.62 bits per heavy atom. The van der Waals surface area contributed by atoms with Gasteiger partial charge in [0.25, 0.3) is 0 Å². The van der Waals surface area contributed by atoms with Gasteiger partial charge < -0.3 is 9.62 Å². The van der Waals surface area contributed by atoms with E-state index < -0.39 is 5.63 Å². The molecule has 1 aromatic heterocycles. The van der Waals surface area contributed by atoms with Crippen molar-refractivity contribution in [3.63, 3.8) is 0 Å². The predicted octanol–water partition coefficient (Wildman–Crippen LogP) is -0.927. The molecule has 0 aromatic carbocycles. The van der Waals surface area contributed by atoms with Gasteiger partial charge in [0.15, 0.2) is 6.26 Å². The lowest BCUT2D eigenvalue weighted by molar-refractivity contribution is -0.613. The molecule has 0 aliphatic rings. The van der Waals surface area contributed by atoms with Crippen molar-refractivity contribution in [3.05, 3.63) is 34.3 Å². The van der Waals surface area contributed by atoms with Gasteiger partial charge in [-0.1, -0.05) is 0 Å². The fourth-order valence-electron chi connectivity index (χ4n) is 0.301. The normalized spacial score (nSPS) is 9.00. The number of aromatic nitrogens is 1. The van der Waals surface area contributed by atoms with Gasteiger partial charge in [0.05, 0.1) is 0 Å². The largest absolute Gasteiger partial charge is 0.618 e. The Labute approximate surface area is 44.6 Å². The number of rotatable bonds is 0. The molecule has 0 aliphatic heterocycles. The van der Waals surface area contributed by atoms with Crippen molar-refractivity contribution >= 4 is 0 Å². The Kier molecular flexibility index (Phi) is 0.997. The lowest BCUT2D eigenvalue weighted by atomic mass is 10.8. The Bertz CT molecular complexity index is 229. The minimum absolute atomic E-state index is 0.256. The minimum Gasteiger partial charge on any atom is -0.618 e. The van der Waals surface area contributed by atoms with E-state index in [1.165, 1.54) is 0 Å². The summed E-state index contributed by atoms with van der Waals surface area (Å²) in [6, 6.07) is 0. The average Bonchev–Trinajstić information content (AvgIpc) is 1.64. The first-order valence-corrected chi connectivity index (χ1v) is 1.89. The molecule has 0 atom stereocenters. The first-order chi connectivity index (χ1) is 3.79. The molecular weight excluding hydrogens is 110 g/mol. The Morgan fingerprint density at radius 3 is 3.00 bits per heavy atom. The summed E-state index contributed by atoms with van der Waals surface area (Å²) in [5.41, 5.74) is -0.762. The van der Waals surface area contributed by atoms with E-state index in [-0.39, 0.29) is 4.73 Å². The topological polar surface area (TPSA) is 57.1 Å². The molecule has 41 valence electrons. The van der Waals surface area contributed by atoms with E-state index in [1.54, 1.807) is 0 Å². The second-order valence-electron chi connectivity index (χ2n) is 1.13. The van der Waals surface area contributed by atoms with Crippen LogP contribution in [0.4, 0.5) is 0 Å². The molecule has 0 saturated heterocycles. The van der Waals surface area contributed by atoms with Gasteiger partial charge in [0, 0.05) is 0 Å². The molecule has 0 aliphatic carbocycles. The zero-order valence-corrected chi connectivity index (χ0v) is 3.83. The fraction of sp³-hybridized carbons (Fsp3) is 0. The standard InChI is InChI=1S/C4H2NO3/c6-4-3-5(7)1-2-8-4/h1-2H. The summed E-state index contributed by atoms with van der Waals surface area (Å²) in [7, 11) is 0. The highest BCUT2D eigenvalue weighted by molar-refractivity contribution is 4.56. The molecule has 1 heterocycles. The molecule has 0 unspecified atom stereocenters. The molecule has 0 bridgehead atoms. The van der Waals surface area contributed by atoms with Gasteiger partial charge in [-0.05, 0) is 0 Å². The summed E-state index contributed by atoms with van der Waals surface area (Å²) in [6.45, 7) is 0. The summed E-state index contributed by atoms with van der Waals surface area (Å²) in [5.74, 6) is 0. The molecular formula is C4H2NO3. The number of nitrogens with zero attached hydrogens (tertiary/aromatic N) is 1. The highest BCUT2D eigenvalue weighted by Crippen LogP contribution is 1.62. The van der Waals surface area contributed by atoms with E-state index in [0.717, 1.165) is 12.5 Å². The Hall–Kier alpha value is -1.32. The van der Waals surface area contributed by atoms with Crippen molar-refractivity contribution in [2.24, 2.45) is 0 Å². The Morgan fingerprint density at radius 1 is 1.88 bits per heavy atom. The quantitative estimate of drug-likeness (QED) is 0.322. The zero-order chi connectivity index (χ0) is 5.98. The predicted molar refractivity (Wildman–Crippen MR) is 22.8 cm³/mol. The van der Waals surface area contributed by atoms with Crippen molar-refractivity contribution in [2.45, 2.75) is 0 Å². The zero-order valence-electron chi connectivity index (χ0n) is 3.83. The van der Waals surface area contributed by atoms with E-state index in [0.29, 0.717) is 0 Å². The summed E-state index contributed by atoms with van der Waals surface area (Å²) in [6.07, 6.45) is 3.86. The monoisotopic (exact) mass is 112 g/mol. The van der Waals surface area contributed by atoms with Crippen LogP contribution in [0.2, 0.25) is 0 Å². The van der Waals surface area contributed by atoms with E-state index in [1.807, 2.05) is 6.20 Å². The lowest BCUT2D eigenvalue weighted by Crippen LogP contribution is -2.29. The van der Waals surface area contributed by atoms with Crippen molar-refractivity contribution in [3.8, 4) is 0 Å². The number of hydrogen-bond acceptors (Lipinski definition) is 3. The van der Waals surface area contributed by atoms with Crippen LogP contribution in [0.3, 0.4) is 0 Å². The molecule has 4 nitrogen and oxygen atoms in total. The van der Waals surface area contributed by atoms with E-state index in [4.69, 9.17) is 0 Å². The van der Waals surface area contributed by atoms with Crippen LogP contribution in [-0.4, -0.2) is 0 Å². The molecule has 0 N–H and O–H groups in total. The third-order valence-electron chi connectivity index (χ3n) is 0.573. The molecule has 1 radical (unpaired) electrons. The summed E-state index contributed by atoms with van der Waals surface area (Å²) in [4.78, 5) is 10.0. The summed E-state index contributed by atoms with van der Waals surface area (Å²) >= 11 is 0. The van der Waals surface area contributed by atoms with Gasteiger partial charge in [-0.2, -0.15) is 4.73 Å². The first-order valence-electron chi connectivity index (χ1n) is 1.89. The molecule has 0 fully saturated rings. The molecule has 1 rings (SSSR count). The van der Waals surface area contributed by atoms with Gasteiger partial charge in [-0.3, -0.25) is 0 Å². The molecule has 8 heavy (non-hydrogen) atoms. The van der Waals surface area contributed by atoms with Crippen LogP contribution in [0, 0.1) is 11.4 Å². The average molecular weight is 112 g/mol. The van der Waals surface area contributed by atoms with E-state index in [2.05, 4.69) is 4.42 Å². The van der Waals surface area contributed by atoms with E-state index >= 15 is 0 Å². The maximum absolute atomic E-state index is 10.1. The van der Waals surface area contributed by atoms with Crippen LogP contribution >= 0.6 is 0 Å². The maximum Gasteiger partial charge on any atom is 0.417 e. The van der Waals surface area contributed by atoms with Gasteiger partial charge in [0.1, 0.15) is 0 Å². The fourth-order valence-corrected chi connectivity index (χ4v) is 0.301. The lowest BCUT2D eigenvalue weighted by Gasteiger charge is -1.85. The van der Waals surface area contributed by atoms with Crippen LogP contribution in [0.1, 0.15) is 0 Å². The van der Waals surface area contributed by atoms with Crippen molar-refractivity contribution in [1.82, 2.24) is 0 Å². The van der Waals surface area contributed by atoms with Crippen molar-refractivity contribution in [1.29, 1.82) is 0 Å². The highest BCUT2D eigenvalue weighted by atomic mass is 16.5. The van der Waals surface area contributed by atoms with Crippen LogP contribution in [-0.2, 0) is 0 Å². The third-order valence-corrected chi connectivity index (χ3v) is 0.573. The summed E-state index contributed by atoms with van der Waals surface area (Å²) in [5, 5.41) is 10.1.